The van der Waals surface area contributed by atoms with E-state index in [1.54, 1.807) is 24.3 Å². The number of nitroso groups, excluding NO2 is 1. The number of hydrogen-bond acceptors (Lipinski definition) is 6. The van der Waals surface area contributed by atoms with Crippen LogP contribution in [0.4, 0.5) is 10.1 Å². The first-order chi connectivity index (χ1) is 13.1. The topological polar surface area (TPSA) is 65.4 Å². The Hall–Kier alpha value is -2.22. The lowest BCUT2D eigenvalue weighted by molar-refractivity contribution is 0.201. The van der Waals surface area contributed by atoms with E-state index in [4.69, 9.17) is 21.4 Å². The predicted molar refractivity (Wildman–Crippen MR) is 103 cm³/mol. The maximum atomic E-state index is 13.3. The third-order valence-corrected chi connectivity index (χ3v) is 4.87. The molecule has 1 fully saturated rings. The molecule has 1 atom stereocenters. The fourth-order valence-electron chi connectivity index (χ4n) is 3.28. The highest BCUT2D eigenvalue weighted by atomic mass is 35.5. The third kappa shape index (κ3) is 4.74. The Labute approximate surface area is 162 Å². The predicted octanol–water partition coefficient (Wildman–Crippen LogP) is 3.44. The highest BCUT2D eigenvalue weighted by Crippen LogP contribution is 2.37. The summed E-state index contributed by atoms with van der Waals surface area (Å²) in [5, 5.41) is 12.4. The van der Waals surface area contributed by atoms with Gasteiger partial charge in [0.25, 0.3) is 0 Å². The van der Waals surface area contributed by atoms with Crippen LogP contribution in [-0.2, 0) is 0 Å². The zero-order valence-corrected chi connectivity index (χ0v) is 15.5. The summed E-state index contributed by atoms with van der Waals surface area (Å²) >= 11 is 6.49. The van der Waals surface area contributed by atoms with Crippen molar-refractivity contribution in [2.24, 2.45) is 5.18 Å². The van der Waals surface area contributed by atoms with Gasteiger partial charge in [-0.05, 0) is 29.8 Å². The molecule has 3 rings (SSSR count). The summed E-state index contributed by atoms with van der Waals surface area (Å²) in [5.41, 5.74) is 1.77. The number of halogens is 2. The molecule has 0 spiro atoms. The molecule has 0 saturated carbocycles. The summed E-state index contributed by atoms with van der Waals surface area (Å²) in [6.45, 7) is 2.14. The summed E-state index contributed by atoms with van der Waals surface area (Å²) in [4.78, 5) is 14.8. The molecule has 1 aliphatic heterocycles. The van der Waals surface area contributed by atoms with Crippen LogP contribution in [0.5, 0.6) is 5.75 Å². The largest absolute Gasteiger partial charge is 0.491 e. The lowest BCUT2D eigenvalue weighted by Gasteiger charge is -2.42. The summed E-state index contributed by atoms with van der Waals surface area (Å²) in [7, 11) is 0. The second kappa shape index (κ2) is 9.12. The third-order valence-electron chi connectivity index (χ3n) is 4.57. The Morgan fingerprint density at radius 1 is 1.22 bits per heavy atom. The smallest absolute Gasteiger partial charge is 0.134 e. The highest BCUT2D eigenvalue weighted by Gasteiger charge is 2.29. The Kier molecular flexibility index (Phi) is 6.60. The standard InChI is InChI=1S/C19H21ClFN3O3/c20-17-11-16(27-10-9-25)5-6-18(17)24-8-7-23(13-22-26)12-19(24)14-1-3-15(21)4-2-14/h1-6,11,19,25H,7-10,12-13H2/t19-/m0/s1. The van der Waals surface area contributed by atoms with Crippen molar-refractivity contribution in [1.82, 2.24) is 4.90 Å². The van der Waals surface area contributed by atoms with E-state index < -0.39 is 0 Å². The minimum atomic E-state index is -0.295. The number of anilines is 1. The highest BCUT2D eigenvalue weighted by molar-refractivity contribution is 6.33. The van der Waals surface area contributed by atoms with Gasteiger partial charge in [-0.25, -0.2) is 4.39 Å². The Morgan fingerprint density at radius 3 is 2.67 bits per heavy atom. The van der Waals surface area contributed by atoms with E-state index in [2.05, 4.69) is 10.1 Å². The molecule has 8 heteroatoms. The fourth-order valence-corrected chi connectivity index (χ4v) is 3.56. The molecule has 144 valence electrons. The molecule has 0 bridgehead atoms. The number of benzene rings is 2. The Balaban J connectivity index is 1.89. The summed E-state index contributed by atoms with van der Waals surface area (Å²) in [6.07, 6.45) is 0. The lowest BCUT2D eigenvalue weighted by atomic mass is 10.0. The first-order valence-electron chi connectivity index (χ1n) is 8.69. The number of piperazine rings is 1. The number of nitrogens with zero attached hydrogens (tertiary/aromatic N) is 3. The van der Waals surface area contributed by atoms with Crippen LogP contribution in [0.25, 0.3) is 0 Å². The molecule has 2 aromatic carbocycles. The molecule has 0 amide bonds. The maximum Gasteiger partial charge on any atom is 0.134 e. The molecule has 27 heavy (non-hydrogen) atoms. The molecule has 1 heterocycles. The maximum absolute atomic E-state index is 13.3. The summed E-state index contributed by atoms with van der Waals surface area (Å²) < 4.78 is 18.8. The van der Waals surface area contributed by atoms with Crippen molar-refractivity contribution < 1.29 is 14.2 Å². The number of hydrogen-bond donors (Lipinski definition) is 1. The minimum Gasteiger partial charge on any atom is -0.491 e. The number of aliphatic hydroxyl groups is 1. The van der Waals surface area contributed by atoms with Gasteiger partial charge >= 0.3 is 0 Å². The Morgan fingerprint density at radius 2 is 2.00 bits per heavy atom. The average Bonchev–Trinajstić information content (AvgIpc) is 2.68. The van der Waals surface area contributed by atoms with Gasteiger partial charge in [-0.2, -0.15) is 0 Å². The van der Waals surface area contributed by atoms with Gasteiger partial charge in [0.05, 0.1) is 23.4 Å². The summed E-state index contributed by atoms with van der Waals surface area (Å²) in [6, 6.07) is 11.7. The van der Waals surface area contributed by atoms with Crippen molar-refractivity contribution in [2.45, 2.75) is 6.04 Å². The van der Waals surface area contributed by atoms with E-state index in [0.717, 1.165) is 11.3 Å². The number of ether oxygens (including phenoxy) is 1. The van der Waals surface area contributed by atoms with Crippen LogP contribution in [0, 0.1) is 10.7 Å². The summed E-state index contributed by atoms with van der Waals surface area (Å²) in [5.74, 6) is 0.288. The molecule has 1 aliphatic rings. The SMILES string of the molecule is O=NCN1CCN(c2ccc(OCCO)cc2Cl)[C@H](c2ccc(F)cc2)C1. The molecule has 2 aromatic rings. The van der Waals surface area contributed by atoms with Gasteiger partial charge in [0.15, 0.2) is 0 Å². The molecule has 0 radical (unpaired) electrons. The van der Waals surface area contributed by atoms with Crippen LogP contribution in [0.15, 0.2) is 47.6 Å². The van der Waals surface area contributed by atoms with Gasteiger partial charge in [-0.1, -0.05) is 28.9 Å². The van der Waals surface area contributed by atoms with Gasteiger partial charge < -0.3 is 14.7 Å². The molecule has 0 aromatic heterocycles. The van der Waals surface area contributed by atoms with Gasteiger partial charge in [0.2, 0.25) is 0 Å². The van der Waals surface area contributed by atoms with Crippen LogP contribution in [-0.4, -0.2) is 49.5 Å². The van der Waals surface area contributed by atoms with Gasteiger partial charge in [-0.3, -0.25) is 4.90 Å². The van der Waals surface area contributed by atoms with Crippen molar-refractivity contribution in [1.29, 1.82) is 0 Å². The van der Waals surface area contributed by atoms with Crippen LogP contribution in [0.3, 0.4) is 0 Å². The molecule has 6 nitrogen and oxygen atoms in total. The quantitative estimate of drug-likeness (QED) is 0.730. The molecular weight excluding hydrogens is 373 g/mol. The normalized spacial score (nSPS) is 17.7. The van der Waals surface area contributed by atoms with Gasteiger partial charge in [-0.15, -0.1) is 4.91 Å². The monoisotopic (exact) mass is 393 g/mol. The first kappa shape index (κ1) is 19.5. The van der Waals surface area contributed by atoms with E-state index >= 15 is 0 Å². The van der Waals surface area contributed by atoms with Crippen LogP contribution in [0.1, 0.15) is 11.6 Å². The zero-order valence-electron chi connectivity index (χ0n) is 14.7. The van der Waals surface area contributed by atoms with E-state index in [9.17, 15) is 9.30 Å². The molecule has 0 unspecified atom stereocenters. The molecular formula is C19H21ClFN3O3. The fraction of sp³-hybridized carbons (Fsp3) is 0.368. The average molecular weight is 394 g/mol. The van der Waals surface area contributed by atoms with E-state index in [0.29, 0.717) is 30.4 Å². The second-order valence-corrected chi connectivity index (χ2v) is 6.70. The van der Waals surface area contributed by atoms with Crippen molar-refractivity contribution in [3.63, 3.8) is 0 Å². The minimum absolute atomic E-state index is 0.0707. The molecule has 1 N–H and O–H groups in total. The van der Waals surface area contributed by atoms with Crippen molar-refractivity contribution in [3.05, 3.63) is 63.8 Å². The van der Waals surface area contributed by atoms with Crippen LogP contribution in [0.2, 0.25) is 5.02 Å². The van der Waals surface area contributed by atoms with E-state index in [1.165, 1.54) is 12.1 Å². The first-order valence-corrected chi connectivity index (χ1v) is 9.07. The number of aliphatic hydroxyl groups excluding tert-OH is 1. The van der Waals surface area contributed by atoms with Gasteiger partial charge in [0.1, 0.15) is 24.8 Å². The number of rotatable bonds is 7. The van der Waals surface area contributed by atoms with Crippen molar-refractivity contribution >= 4 is 17.3 Å². The Bertz CT molecular complexity index is 775. The van der Waals surface area contributed by atoms with Crippen molar-refractivity contribution in [3.8, 4) is 5.75 Å². The van der Waals surface area contributed by atoms with Gasteiger partial charge in [0, 0.05) is 25.7 Å². The van der Waals surface area contributed by atoms with Crippen LogP contribution >= 0.6 is 11.6 Å². The van der Waals surface area contributed by atoms with Crippen LogP contribution < -0.4 is 9.64 Å². The molecule has 0 aliphatic carbocycles. The molecule has 1 saturated heterocycles. The van der Waals surface area contributed by atoms with E-state index in [-0.39, 0.29) is 31.7 Å². The lowest BCUT2D eigenvalue weighted by Crippen LogP contribution is -2.48. The van der Waals surface area contributed by atoms with Crippen molar-refractivity contribution in [2.75, 3.05) is 44.4 Å². The zero-order chi connectivity index (χ0) is 19.2. The van der Waals surface area contributed by atoms with E-state index in [1.807, 2.05) is 11.0 Å². The second-order valence-electron chi connectivity index (χ2n) is 6.29.